The molecule has 0 unspecified atom stereocenters. The number of aliphatic hydroxyl groups is 1. The number of ether oxygens (including phenoxy) is 1. The van der Waals surface area contributed by atoms with Crippen molar-refractivity contribution in [2.75, 3.05) is 19.6 Å². The van der Waals surface area contributed by atoms with Gasteiger partial charge in [0, 0.05) is 19.6 Å². The molecule has 0 aromatic carbocycles. The molecule has 2 heterocycles. The van der Waals surface area contributed by atoms with Gasteiger partial charge in [-0.1, -0.05) is 0 Å². The average Bonchev–Trinajstić information content (AvgIpc) is 2.77. The van der Waals surface area contributed by atoms with Crippen molar-refractivity contribution < 1.29 is 19.4 Å². The SMILES string of the molecule is CC(C)(O)CC(=O)N1CCC[C@@H]2CN(C(=O)OC(C)(C)C)C[C@@H]21. The van der Waals surface area contributed by atoms with Crippen LogP contribution in [-0.2, 0) is 9.53 Å². The van der Waals surface area contributed by atoms with Crippen molar-refractivity contribution in [2.45, 2.75) is 71.1 Å². The van der Waals surface area contributed by atoms with Gasteiger partial charge in [0.2, 0.25) is 5.91 Å². The van der Waals surface area contributed by atoms with E-state index < -0.39 is 11.2 Å². The summed E-state index contributed by atoms with van der Waals surface area (Å²) in [4.78, 5) is 28.3. The number of fused-ring (bicyclic) bond motifs is 1. The largest absolute Gasteiger partial charge is 0.444 e. The summed E-state index contributed by atoms with van der Waals surface area (Å²) < 4.78 is 5.45. The molecule has 2 atom stereocenters. The molecule has 132 valence electrons. The van der Waals surface area contributed by atoms with Crippen molar-refractivity contribution in [3.8, 4) is 0 Å². The first-order chi connectivity index (χ1) is 10.5. The molecule has 2 saturated heterocycles. The van der Waals surface area contributed by atoms with Gasteiger partial charge in [0.25, 0.3) is 0 Å². The fraction of sp³-hybridized carbons (Fsp3) is 0.882. The van der Waals surface area contributed by atoms with Crippen LogP contribution in [0.4, 0.5) is 4.79 Å². The Morgan fingerprint density at radius 3 is 2.39 bits per heavy atom. The molecule has 2 aliphatic heterocycles. The molecule has 1 N–H and O–H groups in total. The van der Waals surface area contributed by atoms with Gasteiger partial charge in [0.05, 0.1) is 18.1 Å². The van der Waals surface area contributed by atoms with Crippen LogP contribution in [0.15, 0.2) is 0 Å². The molecule has 0 bridgehead atoms. The maximum Gasteiger partial charge on any atom is 0.410 e. The van der Waals surface area contributed by atoms with E-state index in [1.54, 1.807) is 18.7 Å². The Labute approximate surface area is 138 Å². The highest BCUT2D eigenvalue weighted by atomic mass is 16.6. The number of carbonyl (C=O) groups excluding carboxylic acids is 2. The molecule has 23 heavy (non-hydrogen) atoms. The van der Waals surface area contributed by atoms with Gasteiger partial charge >= 0.3 is 6.09 Å². The van der Waals surface area contributed by atoms with E-state index >= 15 is 0 Å². The number of likely N-dealkylation sites (tertiary alicyclic amines) is 2. The Balaban J connectivity index is 2.02. The Kier molecular flexibility index (Phi) is 4.95. The van der Waals surface area contributed by atoms with Crippen LogP contribution >= 0.6 is 0 Å². The van der Waals surface area contributed by atoms with E-state index in [0.29, 0.717) is 25.6 Å². The minimum absolute atomic E-state index is 0.0294. The number of carbonyl (C=O) groups is 2. The summed E-state index contributed by atoms with van der Waals surface area (Å²) >= 11 is 0. The summed E-state index contributed by atoms with van der Waals surface area (Å²) in [6.07, 6.45) is 1.78. The second-order valence-corrected chi connectivity index (χ2v) is 8.43. The van der Waals surface area contributed by atoms with Gasteiger partial charge in [-0.3, -0.25) is 4.79 Å². The third kappa shape index (κ3) is 4.83. The lowest BCUT2D eigenvalue weighted by molar-refractivity contribution is -0.139. The van der Waals surface area contributed by atoms with Crippen molar-refractivity contribution in [2.24, 2.45) is 5.92 Å². The van der Waals surface area contributed by atoms with Crippen molar-refractivity contribution in [1.29, 1.82) is 0 Å². The van der Waals surface area contributed by atoms with Crippen LogP contribution < -0.4 is 0 Å². The highest BCUT2D eigenvalue weighted by molar-refractivity contribution is 5.78. The Bertz CT molecular complexity index is 464. The lowest BCUT2D eigenvalue weighted by atomic mass is 9.91. The van der Waals surface area contributed by atoms with E-state index in [0.717, 1.165) is 12.8 Å². The fourth-order valence-corrected chi connectivity index (χ4v) is 3.44. The van der Waals surface area contributed by atoms with Crippen LogP contribution in [0.25, 0.3) is 0 Å². The average molecular weight is 326 g/mol. The number of nitrogens with zero attached hydrogens (tertiary/aromatic N) is 2. The summed E-state index contributed by atoms with van der Waals surface area (Å²) in [7, 11) is 0. The van der Waals surface area contributed by atoms with Crippen molar-refractivity contribution in [3.63, 3.8) is 0 Å². The lowest BCUT2D eigenvalue weighted by Crippen LogP contribution is -2.50. The van der Waals surface area contributed by atoms with Gasteiger partial charge in [0.1, 0.15) is 5.60 Å². The molecule has 0 aromatic heterocycles. The number of hydrogen-bond acceptors (Lipinski definition) is 4. The van der Waals surface area contributed by atoms with Crippen LogP contribution in [0.1, 0.15) is 53.9 Å². The number of piperidine rings is 1. The van der Waals surface area contributed by atoms with Crippen LogP contribution in [-0.4, -0.2) is 63.8 Å². The van der Waals surface area contributed by atoms with Gasteiger partial charge in [-0.25, -0.2) is 4.79 Å². The lowest BCUT2D eigenvalue weighted by Gasteiger charge is -2.38. The molecular weight excluding hydrogens is 296 g/mol. The van der Waals surface area contributed by atoms with Crippen molar-refractivity contribution in [3.05, 3.63) is 0 Å². The predicted octanol–water partition coefficient (Wildman–Crippen LogP) is 2.01. The second-order valence-electron chi connectivity index (χ2n) is 8.43. The van der Waals surface area contributed by atoms with Crippen LogP contribution in [0.5, 0.6) is 0 Å². The zero-order valence-corrected chi connectivity index (χ0v) is 15.0. The molecule has 2 aliphatic rings. The molecule has 0 radical (unpaired) electrons. The van der Waals surface area contributed by atoms with Gasteiger partial charge in [-0.05, 0) is 53.4 Å². The van der Waals surface area contributed by atoms with E-state index in [9.17, 15) is 14.7 Å². The maximum atomic E-state index is 12.5. The van der Waals surface area contributed by atoms with Crippen molar-refractivity contribution in [1.82, 2.24) is 9.80 Å². The quantitative estimate of drug-likeness (QED) is 0.843. The first-order valence-electron chi connectivity index (χ1n) is 8.46. The van der Waals surface area contributed by atoms with Crippen LogP contribution in [0.3, 0.4) is 0 Å². The Morgan fingerprint density at radius 1 is 1.17 bits per heavy atom. The van der Waals surface area contributed by atoms with Gasteiger partial charge in [-0.15, -0.1) is 0 Å². The van der Waals surface area contributed by atoms with Crippen LogP contribution in [0, 0.1) is 5.92 Å². The molecule has 0 spiro atoms. The van der Waals surface area contributed by atoms with Gasteiger partial charge in [-0.2, -0.15) is 0 Å². The normalized spacial score (nSPS) is 25.3. The fourth-order valence-electron chi connectivity index (χ4n) is 3.44. The monoisotopic (exact) mass is 326 g/mol. The molecule has 6 heteroatoms. The topological polar surface area (TPSA) is 70.1 Å². The maximum absolute atomic E-state index is 12.5. The predicted molar refractivity (Wildman–Crippen MR) is 86.9 cm³/mol. The number of hydrogen-bond donors (Lipinski definition) is 1. The van der Waals surface area contributed by atoms with Gasteiger partial charge in [0.15, 0.2) is 0 Å². The second kappa shape index (κ2) is 6.30. The smallest absolute Gasteiger partial charge is 0.410 e. The first-order valence-corrected chi connectivity index (χ1v) is 8.46. The Morgan fingerprint density at radius 2 is 1.83 bits per heavy atom. The summed E-state index contributed by atoms with van der Waals surface area (Å²) in [5, 5.41) is 9.89. The van der Waals surface area contributed by atoms with E-state index in [-0.39, 0.29) is 24.5 Å². The third-order valence-electron chi connectivity index (χ3n) is 4.34. The molecule has 2 amide bonds. The molecule has 2 rings (SSSR count). The first kappa shape index (κ1) is 18.0. The molecule has 2 fully saturated rings. The third-order valence-corrected chi connectivity index (χ3v) is 4.34. The molecule has 0 aliphatic carbocycles. The molecular formula is C17H30N2O4. The van der Waals surface area contributed by atoms with E-state index in [2.05, 4.69) is 0 Å². The number of amides is 2. The molecule has 0 aromatic rings. The highest BCUT2D eigenvalue weighted by Crippen LogP contribution is 2.32. The summed E-state index contributed by atoms with van der Waals surface area (Å²) in [5.41, 5.74) is -1.52. The molecule has 6 nitrogen and oxygen atoms in total. The minimum Gasteiger partial charge on any atom is -0.444 e. The van der Waals surface area contributed by atoms with E-state index in [1.807, 2.05) is 25.7 Å². The summed E-state index contributed by atoms with van der Waals surface area (Å²) in [6, 6.07) is 0.0473. The highest BCUT2D eigenvalue weighted by Gasteiger charge is 2.43. The van der Waals surface area contributed by atoms with Gasteiger partial charge < -0.3 is 19.6 Å². The van der Waals surface area contributed by atoms with Crippen LogP contribution in [0.2, 0.25) is 0 Å². The number of rotatable bonds is 2. The zero-order valence-electron chi connectivity index (χ0n) is 15.0. The molecule has 0 saturated carbocycles. The minimum atomic E-state index is -1.01. The Hall–Kier alpha value is -1.30. The van der Waals surface area contributed by atoms with Crippen molar-refractivity contribution >= 4 is 12.0 Å². The standard InChI is InChI=1S/C17H30N2O4/c1-16(2,3)23-15(21)18-10-12-7-6-8-19(13(12)11-18)14(20)9-17(4,5)22/h12-13,22H,6-11H2,1-5H3/t12-,13+/m1/s1. The van der Waals surface area contributed by atoms with E-state index in [4.69, 9.17) is 4.74 Å². The zero-order chi connectivity index (χ0) is 17.4. The summed E-state index contributed by atoms with van der Waals surface area (Å²) in [5.74, 6) is 0.278. The summed E-state index contributed by atoms with van der Waals surface area (Å²) in [6.45, 7) is 10.7. The van der Waals surface area contributed by atoms with E-state index in [1.165, 1.54) is 0 Å².